The number of sulfonamides is 1. The summed E-state index contributed by atoms with van der Waals surface area (Å²) in [5.41, 5.74) is 1.81. The van der Waals surface area contributed by atoms with Gasteiger partial charge in [-0.05, 0) is 19.1 Å². The standard InChI is InChI=1S/C12H14N2O2S2/c1-9-13-12(8-17-9)10-4-6-11(7-5-10)18(15,16)14(2)3/h4-8H,1-3H3. The highest BCUT2D eigenvalue weighted by Gasteiger charge is 2.16. The van der Waals surface area contributed by atoms with Gasteiger partial charge in [0.1, 0.15) is 0 Å². The molecule has 0 bridgehead atoms. The van der Waals surface area contributed by atoms with Crippen LogP contribution in [-0.4, -0.2) is 31.8 Å². The summed E-state index contributed by atoms with van der Waals surface area (Å²) >= 11 is 1.58. The van der Waals surface area contributed by atoms with Crippen molar-refractivity contribution < 1.29 is 8.42 Å². The Bertz CT molecular complexity index is 643. The molecule has 0 saturated heterocycles. The number of thiazole rings is 1. The molecular weight excluding hydrogens is 268 g/mol. The average Bonchev–Trinajstić information content (AvgIpc) is 2.76. The number of hydrogen-bond donors (Lipinski definition) is 0. The fourth-order valence-corrected chi connectivity index (χ4v) is 3.03. The van der Waals surface area contributed by atoms with E-state index in [9.17, 15) is 8.42 Å². The summed E-state index contributed by atoms with van der Waals surface area (Å²) in [6, 6.07) is 6.79. The molecule has 1 heterocycles. The predicted molar refractivity (Wildman–Crippen MR) is 73.2 cm³/mol. The molecule has 1 aromatic heterocycles. The van der Waals surface area contributed by atoms with Gasteiger partial charge in [0, 0.05) is 25.0 Å². The minimum Gasteiger partial charge on any atom is -0.242 e. The van der Waals surface area contributed by atoms with Crippen LogP contribution in [0.3, 0.4) is 0 Å². The molecule has 96 valence electrons. The molecule has 0 aliphatic heterocycles. The number of aryl methyl sites for hydroxylation is 1. The van der Waals surface area contributed by atoms with Crippen LogP contribution < -0.4 is 0 Å². The van der Waals surface area contributed by atoms with Crippen molar-refractivity contribution in [1.29, 1.82) is 0 Å². The topological polar surface area (TPSA) is 50.3 Å². The quantitative estimate of drug-likeness (QED) is 0.868. The number of hydrogen-bond acceptors (Lipinski definition) is 4. The molecule has 0 saturated carbocycles. The first-order valence-corrected chi connectivity index (χ1v) is 7.68. The van der Waals surface area contributed by atoms with E-state index in [2.05, 4.69) is 4.98 Å². The molecule has 0 unspecified atom stereocenters. The Balaban J connectivity index is 2.37. The van der Waals surface area contributed by atoms with Crippen LogP contribution in [0.1, 0.15) is 5.01 Å². The van der Waals surface area contributed by atoms with E-state index in [0.717, 1.165) is 16.3 Å². The summed E-state index contributed by atoms with van der Waals surface area (Å²) in [7, 11) is -0.313. The third kappa shape index (κ3) is 2.45. The monoisotopic (exact) mass is 282 g/mol. The molecule has 18 heavy (non-hydrogen) atoms. The van der Waals surface area contributed by atoms with E-state index < -0.39 is 10.0 Å². The Morgan fingerprint density at radius 2 is 1.78 bits per heavy atom. The summed E-state index contributed by atoms with van der Waals surface area (Å²) in [5.74, 6) is 0. The second kappa shape index (κ2) is 4.79. The fraction of sp³-hybridized carbons (Fsp3) is 0.250. The lowest BCUT2D eigenvalue weighted by atomic mass is 10.2. The molecule has 4 nitrogen and oxygen atoms in total. The van der Waals surface area contributed by atoms with Crippen LogP contribution in [0, 0.1) is 6.92 Å². The molecule has 6 heteroatoms. The van der Waals surface area contributed by atoms with Gasteiger partial charge < -0.3 is 0 Å². The number of rotatable bonds is 3. The maximum Gasteiger partial charge on any atom is 0.242 e. The molecule has 1 aromatic carbocycles. The lowest BCUT2D eigenvalue weighted by Crippen LogP contribution is -2.22. The fourth-order valence-electron chi connectivity index (χ4n) is 1.50. The highest BCUT2D eigenvalue weighted by molar-refractivity contribution is 7.89. The molecular formula is C12H14N2O2S2. The third-order valence-electron chi connectivity index (χ3n) is 2.55. The largest absolute Gasteiger partial charge is 0.242 e. The van der Waals surface area contributed by atoms with Crippen LogP contribution in [-0.2, 0) is 10.0 Å². The van der Waals surface area contributed by atoms with Crippen molar-refractivity contribution >= 4 is 21.4 Å². The molecule has 0 fully saturated rings. The average molecular weight is 282 g/mol. The van der Waals surface area contributed by atoms with E-state index in [0.29, 0.717) is 4.90 Å². The molecule has 0 radical (unpaired) electrons. The Labute approximate surface area is 111 Å². The summed E-state index contributed by atoms with van der Waals surface area (Å²) in [6.07, 6.45) is 0. The first kappa shape index (κ1) is 13.2. The summed E-state index contributed by atoms with van der Waals surface area (Å²) in [4.78, 5) is 4.66. The predicted octanol–water partition coefficient (Wildman–Crippen LogP) is 2.37. The van der Waals surface area contributed by atoms with Gasteiger partial charge in [-0.2, -0.15) is 0 Å². The van der Waals surface area contributed by atoms with Crippen LogP contribution in [0.5, 0.6) is 0 Å². The van der Waals surface area contributed by atoms with Gasteiger partial charge in [0.2, 0.25) is 10.0 Å². The van der Waals surface area contributed by atoms with Crippen molar-refractivity contribution in [3.05, 3.63) is 34.7 Å². The summed E-state index contributed by atoms with van der Waals surface area (Å²) in [5, 5.41) is 2.96. The highest BCUT2D eigenvalue weighted by atomic mass is 32.2. The van der Waals surface area contributed by atoms with E-state index in [-0.39, 0.29) is 0 Å². The van der Waals surface area contributed by atoms with E-state index in [4.69, 9.17) is 0 Å². The van der Waals surface area contributed by atoms with Gasteiger partial charge in [-0.1, -0.05) is 12.1 Å². The Morgan fingerprint density at radius 3 is 2.22 bits per heavy atom. The zero-order chi connectivity index (χ0) is 13.3. The normalized spacial score (nSPS) is 12.0. The maximum atomic E-state index is 11.9. The minimum absolute atomic E-state index is 0.295. The van der Waals surface area contributed by atoms with Gasteiger partial charge >= 0.3 is 0 Å². The van der Waals surface area contributed by atoms with Gasteiger partial charge in [-0.15, -0.1) is 11.3 Å². The second-order valence-electron chi connectivity index (χ2n) is 4.06. The summed E-state index contributed by atoms with van der Waals surface area (Å²) < 4.78 is 25.0. The number of aromatic nitrogens is 1. The van der Waals surface area contributed by atoms with E-state index in [1.54, 1.807) is 35.6 Å². The van der Waals surface area contributed by atoms with Crippen molar-refractivity contribution in [2.24, 2.45) is 0 Å². The van der Waals surface area contributed by atoms with Gasteiger partial charge in [0.15, 0.2) is 0 Å². The number of benzene rings is 1. The van der Waals surface area contributed by atoms with Gasteiger partial charge in [-0.25, -0.2) is 17.7 Å². The first-order chi connectivity index (χ1) is 8.41. The minimum atomic E-state index is -3.36. The Hall–Kier alpha value is -1.24. The maximum absolute atomic E-state index is 11.9. The van der Waals surface area contributed by atoms with Crippen LogP contribution in [0.4, 0.5) is 0 Å². The zero-order valence-electron chi connectivity index (χ0n) is 10.4. The van der Waals surface area contributed by atoms with Crippen LogP contribution in [0.2, 0.25) is 0 Å². The molecule has 0 spiro atoms. The SMILES string of the molecule is Cc1nc(-c2ccc(S(=O)(=O)N(C)C)cc2)cs1. The zero-order valence-corrected chi connectivity index (χ0v) is 12.0. The summed E-state index contributed by atoms with van der Waals surface area (Å²) in [6.45, 7) is 1.94. The molecule has 0 atom stereocenters. The van der Waals surface area contributed by atoms with Crippen LogP contribution >= 0.6 is 11.3 Å². The third-order valence-corrected chi connectivity index (χ3v) is 5.15. The van der Waals surface area contributed by atoms with Crippen LogP contribution in [0.25, 0.3) is 11.3 Å². The molecule has 2 aromatic rings. The van der Waals surface area contributed by atoms with Gasteiger partial charge in [0.05, 0.1) is 15.6 Å². The van der Waals surface area contributed by atoms with Crippen molar-refractivity contribution in [3.63, 3.8) is 0 Å². The smallest absolute Gasteiger partial charge is 0.242 e. The van der Waals surface area contributed by atoms with Crippen molar-refractivity contribution in [2.75, 3.05) is 14.1 Å². The van der Waals surface area contributed by atoms with Gasteiger partial charge in [-0.3, -0.25) is 0 Å². The van der Waals surface area contributed by atoms with E-state index in [1.165, 1.54) is 18.4 Å². The Morgan fingerprint density at radius 1 is 1.17 bits per heavy atom. The number of nitrogens with zero attached hydrogens (tertiary/aromatic N) is 2. The van der Waals surface area contributed by atoms with Crippen molar-refractivity contribution in [2.45, 2.75) is 11.8 Å². The Kier molecular flexibility index (Phi) is 3.52. The molecule has 0 N–H and O–H groups in total. The second-order valence-corrected chi connectivity index (χ2v) is 7.28. The molecule has 0 aliphatic carbocycles. The van der Waals surface area contributed by atoms with Gasteiger partial charge in [0.25, 0.3) is 0 Å². The van der Waals surface area contributed by atoms with Crippen LogP contribution in [0.15, 0.2) is 34.5 Å². The lowest BCUT2D eigenvalue weighted by molar-refractivity contribution is 0.521. The van der Waals surface area contributed by atoms with E-state index in [1.807, 2.05) is 12.3 Å². The highest BCUT2D eigenvalue weighted by Crippen LogP contribution is 2.23. The lowest BCUT2D eigenvalue weighted by Gasteiger charge is -2.11. The van der Waals surface area contributed by atoms with Crippen molar-refractivity contribution in [1.82, 2.24) is 9.29 Å². The van der Waals surface area contributed by atoms with Crippen molar-refractivity contribution in [3.8, 4) is 11.3 Å². The molecule has 0 amide bonds. The van der Waals surface area contributed by atoms with E-state index >= 15 is 0 Å². The molecule has 2 rings (SSSR count). The molecule has 0 aliphatic rings. The first-order valence-electron chi connectivity index (χ1n) is 5.36.